The van der Waals surface area contributed by atoms with Crippen LogP contribution in [0.15, 0.2) is 0 Å². The van der Waals surface area contributed by atoms with Crippen LogP contribution in [-0.4, -0.2) is 41.3 Å². The fourth-order valence-electron chi connectivity index (χ4n) is 2.56. The van der Waals surface area contributed by atoms with Crippen LogP contribution in [0.5, 0.6) is 0 Å². The maximum absolute atomic E-state index is 12.0. The summed E-state index contributed by atoms with van der Waals surface area (Å²) in [6.45, 7) is 8.61. The molecule has 0 aromatic heterocycles. The lowest BCUT2D eigenvalue weighted by Crippen LogP contribution is -2.59. The molecule has 2 rings (SSSR count). The van der Waals surface area contributed by atoms with Crippen molar-refractivity contribution in [2.75, 3.05) is 6.54 Å². The molecule has 2 heterocycles. The van der Waals surface area contributed by atoms with Crippen LogP contribution in [0.25, 0.3) is 0 Å². The first kappa shape index (κ1) is 11.7. The quantitative estimate of drug-likeness (QED) is 0.684. The first-order valence-electron chi connectivity index (χ1n) is 6.12. The van der Waals surface area contributed by atoms with Gasteiger partial charge in [-0.3, -0.25) is 0 Å². The third kappa shape index (κ3) is 2.32. The van der Waals surface area contributed by atoms with Crippen molar-refractivity contribution < 1.29 is 9.53 Å². The largest absolute Gasteiger partial charge is 0.444 e. The van der Waals surface area contributed by atoms with E-state index in [1.807, 2.05) is 25.7 Å². The maximum Gasteiger partial charge on any atom is 0.410 e. The molecular formula is C12H22N2O2. The lowest BCUT2D eigenvalue weighted by Gasteiger charge is -2.39. The van der Waals surface area contributed by atoms with E-state index in [2.05, 4.69) is 12.2 Å². The zero-order valence-corrected chi connectivity index (χ0v) is 10.6. The topological polar surface area (TPSA) is 41.6 Å². The molecule has 0 aromatic rings. The van der Waals surface area contributed by atoms with E-state index >= 15 is 0 Å². The number of nitrogens with one attached hydrogen (secondary N) is 1. The molecule has 4 heteroatoms. The number of likely N-dealkylation sites (tertiary alicyclic amines) is 1. The van der Waals surface area contributed by atoms with Gasteiger partial charge in [0.2, 0.25) is 0 Å². The summed E-state index contributed by atoms with van der Waals surface area (Å²) in [7, 11) is 0. The Morgan fingerprint density at radius 2 is 2.06 bits per heavy atom. The number of piperazine rings is 1. The van der Waals surface area contributed by atoms with Crippen molar-refractivity contribution in [2.24, 2.45) is 0 Å². The van der Waals surface area contributed by atoms with Gasteiger partial charge in [0.1, 0.15) is 5.60 Å². The Kier molecular flexibility index (Phi) is 2.86. The number of hydrogen-bond donors (Lipinski definition) is 1. The van der Waals surface area contributed by atoms with Gasteiger partial charge < -0.3 is 15.0 Å². The van der Waals surface area contributed by atoms with Gasteiger partial charge in [0, 0.05) is 24.7 Å². The number of hydrogen-bond acceptors (Lipinski definition) is 3. The fraction of sp³-hybridized carbons (Fsp3) is 0.917. The Hall–Kier alpha value is -0.770. The van der Waals surface area contributed by atoms with E-state index in [0.29, 0.717) is 12.1 Å². The summed E-state index contributed by atoms with van der Waals surface area (Å²) in [5.41, 5.74) is -0.402. The molecule has 2 bridgehead atoms. The standard InChI is InChI=1S/C12H22N2O2/c1-8-10-6-5-9(13-10)7-14(8)11(15)16-12(2,3)4/h8-10,13H,5-7H2,1-4H3/t8-,9-,10+/m0/s1. The van der Waals surface area contributed by atoms with Gasteiger partial charge in [-0.2, -0.15) is 0 Å². The van der Waals surface area contributed by atoms with Crippen LogP contribution in [0.4, 0.5) is 4.79 Å². The van der Waals surface area contributed by atoms with Crippen LogP contribution >= 0.6 is 0 Å². The van der Waals surface area contributed by atoms with Gasteiger partial charge in [0.25, 0.3) is 0 Å². The van der Waals surface area contributed by atoms with Crippen LogP contribution < -0.4 is 5.32 Å². The molecule has 2 aliphatic heterocycles. The van der Waals surface area contributed by atoms with Gasteiger partial charge in [-0.25, -0.2) is 4.79 Å². The summed E-state index contributed by atoms with van der Waals surface area (Å²) in [5.74, 6) is 0. The van der Waals surface area contributed by atoms with E-state index < -0.39 is 5.60 Å². The monoisotopic (exact) mass is 226 g/mol. The van der Waals surface area contributed by atoms with Gasteiger partial charge in [-0.05, 0) is 40.5 Å². The highest BCUT2D eigenvalue weighted by Crippen LogP contribution is 2.26. The smallest absolute Gasteiger partial charge is 0.410 e. The lowest BCUT2D eigenvalue weighted by molar-refractivity contribution is 0.00796. The molecule has 1 N–H and O–H groups in total. The number of carbonyl (C=O) groups excluding carboxylic acids is 1. The number of carbonyl (C=O) groups is 1. The molecule has 2 saturated heterocycles. The summed E-state index contributed by atoms with van der Waals surface area (Å²) in [4.78, 5) is 13.9. The highest BCUT2D eigenvalue weighted by Gasteiger charge is 2.41. The Bertz CT molecular complexity index is 285. The minimum absolute atomic E-state index is 0.168. The summed E-state index contributed by atoms with van der Waals surface area (Å²) in [5, 5.41) is 3.54. The molecule has 0 spiro atoms. The Labute approximate surface area is 97.3 Å². The second-order valence-corrected chi connectivity index (χ2v) is 5.92. The van der Waals surface area contributed by atoms with E-state index in [1.54, 1.807) is 0 Å². The van der Waals surface area contributed by atoms with Crippen LogP contribution in [-0.2, 0) is 4.74 Å². The maximum atomic E-state index is 12.0. The first-order chi connectivity index (χ1) is 7.37. The predicted octanol–water partition coefficient (Wildman–Crippen LogP) is 1.75. The third-order valence-electron chi connectivity index (χ3n) is 3.39. The normalized spacial score (nSPS) is 34.0. The molecule has 3 atom stereocenters. The highest BCUT2D eigenvalue weighted by atomic mass is 16.6. The van der Waals surface area contributed by atoms with Crippen molar-refractivity contribution >= 4 is 6.09 Å². The second-order valence-electron chi connectivity index (χ2n) is 5.92. The zero-order valence-electron chi connectivity index (χ0n) is 10.6. The van der Waals surface area contributed by atoms with Crippen LogP contribution in [0, 0.1) is 0 Å². The van der Waals surface area contributed by atoms with E-state index in [-0.39, 0.29) is 12.1 Å². The van der Waals surface area contributed by atoms with Crippen molar-refractivity contribution in [3.8, 4) is 0 Å². The Morgan fingerprint density at radius 3 is 2.69 bits per heavy atom. The molecule has 1 amide bonds. The van der Waals surface area contributed by atoms with Crippen molar-refractivity contribution in [1.82, 2.24) is 10.2 Å². The van der Waals surface area contributed by atoms with E-state index in [9.17, 15) is 4.79 Å². The Balaban J connectivity index is 2.01. The molecule has 2 fully saturated rings. The van der Waals surface area contributed by atoms with Crippen LogP contribution in [0.2, 0.25) is 0 Å². The van der Waals surface area contributed by atoms with Gasteiger partial charge >= 0.3 is 6.09 Å². The molecule has 0 radical (unpaired) electrons. The van der Waals surface area contributed by atoms with E-state index in [0.717, 1.165) is 6.54 Å². The summed E-state index contributed by atoms with van der Waals surface area (Å²) in [6.07, 6.45) is 2.18. The minimum atomic E-state index is -0.402. The van der Waals surface area contributed by atoms with Crippen LogP contribution in [0.3, 0.4) is 0 Å². The highest BCUT2D eigenvalue weighted by molar-refractivity contribution is 5.69. The SMILES string of the molecule is C[C@H]1[C@H]2CC[C@@H](CN1C(=O)OC(C)(C)C)N2. The Morgan fingerprint density at radius 1 is 1.38 bits per heavy atom. The molecule has 2 aliphatic rings. The van der Waals surface area contributed by atoms with Crippen LogP contribution in [0.1, 0.15) is 40.5 Å². The average molecular weight is 226 g/mol. The van der Waals surface area contributed by atoms with Crippen molar-refractivity contribution in [3.63, 3.8) is 0 Å². The summed E-state index contributed by atoms with van der Waals surface area (Å²) < 4.78 is 5.43. The number of nitrogens with zero attached hydrogens (tertiary/aromatic N) is 1. The van der Waals surface area contributed by atoms with Gasteiger partial charge in [-0.15, -0.1) is 0 Å². The number of rotatable bonds is 0. The molecule has 0 saturated carbocycles. The summed E-state index contributed by atoms with van der Waals surface area (Å²) >= 11 is 0. The first-order valence-corrected chi connectivity index (χ1v) is 6.12. The molecule has 0 unspecified atom stereocenters. The molecule has 92 valence electrons. The summed E-state index contributed by atoms with van der Waals surface area (Å²) in [6, 6.07) is 1.16. The fourth-order valence-corrected chi connectivity index (χ4v) is 2.56. The van der Waals surface area contributed by atoms with E-state index in [1.165, 1.54) is 12.8 Å². The number of ether oxygens (including phenoxy) is 1. The van der Waals surface area contributed by atoms with Gasteiger partial charge in [0.15, 0.2) is 0 Å². The van der Waals surface area contributed by atoms with E-state index in [4.69, 9.17) is 4.74 Å². The number of amides is 1. The minimum Gasteiger partial charge on any atom is -0.444 e. The van der Waals surface area contributed by atoms with Gasteiger partial charge in [0.05, 0.1) is 0 Å². The lowest BCUT2D eigenvalue weighted by atomic mass is 10.1. The van der Waals surface area contributed by atoms with Crippen molar-refractivity contribution in [3.05, 3.63) is 0 Å². The second kappa shape index (κ2) is 3.91. The molecular weight excluding hydrogens is 204 g/mol. The van der Waals surface area contributed by atoms with Gasteiger partial charge in [-0.1, -0.05) is 0 Å². The van der Waals surface area contributed by atoms with Crippen molar-refractivity contribution in [1.29, 1.82) is 0 Å². The molecule has 4 nitrogen and oxygen atoms in total. The predicted molar refractivity (Wildman–Crippen MR) is 62.3 cm³/mol. The average Bonchev–Trinajstić information content (AvgIpc) is 2.53. The van der Waals surface area contributed by atoms with Crippen molar-refractivity contribution in [2.45, 2.75) is 64.3 Å². The molecule has 16 heavy (non-hydrogen) atoms. The molecule has 0 aliphatic carbocycles. The zero-order chi connectivity index (χ0) is 11.9. The number of fused-ring (bicyclic) bond motifs is 2. The molecule has 0 aromatic carbocycles. The third-order valence-corrected chi connectivity index (χ3v) is 3.39.